The molecule has 2 heterocycles. The van der Waals surface area contributed by atoms with Crippen LogP contribution in [0.5, 0.6) is 0 Å². The third-order valence-electron chi connectivity index (χ3n) is 4.56. The van der Waals surface area contributed by atoms with Gasteiger partial charge in [0.25, 0.3) is 11.5 Å². The number of nitrogens with one attached hydrogen (secondary N) is 1. The molecule has 0 saturated carbocycles. The third-order valence-corrected chi connectivity index (χ3v) is 4.56. The Hall–Kier alpha value is -2.40. The smallest absolute Gasteiger partial charge is 0.261 e. The van der Waals surface area contributed by atoms with Crippen molar-refractivity contribution in [2.24, 2.45) is 0 Å². The van der Waals surface area contributed by atoms with Crippen LogP contribution in [-0.2, 0) is 0 Å². The Kier molecular flexibility index (Phi) is 4.81. The van der Waals surface area contributed by atoms with E-state index in [1.807, 2.05) is 30.3 Å². The lowest BCUT2D eigenvalue weighted by atomic mass is 10.1. The zero-order chi connectivity index (χ0) is 17.1. The van der Waals surface area contributed by atoms with Gasteiger partial charge < -0.3 is 9.88 Å². The van der Waals surface area contributed by atoms with Crippen LogP contribution in [0.1, 0.15) is 24.2 Å². The first-order valence-corrected chi connectivity index (χ1v) is 8.38. The molecular formula is C19H23N3O2. The highest BCUT2D eigenvalue weighted by Gasteiger charge is 2.24. The molecule has 3 rings (SSSR count). The second kappa shape index (κ2) is 7.01. The van der Waals surface area contributed by atoms with Gasteiger partial charge in [0.2, 0.25) is 0 Å². The van der Waals surface area contributed by atoms with E-state index in [0.29, 0.717) is 19.1 Å². The minimum atomic E-state index is -0.326. The van der Waals surface area contributed by atoms with E-state index in [1.54, 1.807) is 17.0 Å². The van der Waals surface area contributed by atoms with Gasteiger partial charge in [0.15, 0.2) is 0 Å². The van der Waals surface area contributed by atoms with Crippen molar-refractivity contribution < 1.29 is 4.79 Å². The van der Waals surface area contributed by atoms with Gasteiger partial charge in [0.05, 0.1) is 0 Å². The van der Waals surface area contributed by atoms with Crippen molar-refractivity contribution in [2.45, 2.75) is 19.9 Å². The maximum Gasteiger partial charge on any atom is 0.261 e. The normalized spacial score (nSPS) is 15.7. The molecule has 5 nitrogen and oxygen atoms in total. The molecule has 1 aromatic carbocycles. The number of aromatic amines is 1. The molecule has 1 aliphatic heterocycles. The fraction of sp³-hybridized carbons (Fsp3) is 0.368. The highest BCUT2D eigenvalue weighted by atomic mass is 16.2. The fourth-order valence-corrected chi connectivity index (χ4v) is 3.04. The molecule has 1 amide bonds. The van der Waals surface area contributed by atoms with Gasteiger partial charge in [0, 0.05) is 37.9 Å². The molecule has 0 atom stereocenters. The summed E-state index contributed by atoms with van der Waals surface area (Å²) in [5.41, 5.74) is 1.54. The van der Waals surface area contributed by atoms with Gasteiger partial charge in [-0.1, -0.05) is 30.3 Å². The van der Waals surface area contributed by atoms with Crippen LogP contribution >= 0.6 is 0 Å². The summed E-state index contributed by atoms with van der Waals surface area (Å²) in [5, 5.41) is 0. The van der Waals surface area contributed by atoms with Crippen LogP contribution in [0.3, 0.4) is 0 Å². The van der Waals surface area contributed by atoms with Gasteiger partial charge in [-0.3, -0.25) is 14.5 Å². The Labute approximate surface area is 141 Å². The molecule has 5 heteroatoms. The van der Waals surface area contributed by atoms with Crippen LogP contribution in [0.2, 0.25) is 0 Å². The van der Waals surface area contributed by atoms with E-state index in [9.17, 15) is 9.59 Å². The maximum atomic E-state index is 12.6. The molecule has 0 aliphatic carbocycles. The quantitative estimate of drug-likeness (QED) is 0.941. The minimum absolute atomic E-state index is 0.181. The number of H-pyrrole nitrogens is 1. The van der Waals surface area contributed by atoms with Crippen LogP contribution in [0.4, 0.5) is 0 Å². The summed E-state index contributed by atoms with van der Waals surface area (Å²) < 4.78 is 0. The van der Waals surface area contributed by atoms with Crippen LogP contribution in [0, 0.1) is 0 Å². The number of aromatic nitrogens is 1. The predicted molar refractivity (Wildman–Crippen MR) is 95.1 cm³/mol. The number of hydrogen-bond acceptors (Lipinski definition) is 3. The average Bonchev–Trinajstić information content (AvgIpc) is 2.62. The molecule has 1 aromatic heterocycles. The van der Waals surface area contributed by atoms with E-state index in [2.05, 4.69) is 23.7 Å². The molecule has 1 N–H and O–H groups in total. The molecule has 24 heavy (non-hydrogen) atoms. The van der Waals surface area contributed by atoms with Gasteiger partial charge in [-0.05, 0) is 31.5 Å². The highest BCUT2D eigenvalue weighted by molar-refractivity contribution is 5.94. The average molecular weight is 325 g/mol. The molecule has 126 valence electrons. The van der Waals surface area contributed by atoms with Crippen molar-refractivity contribution in [3.63, 3.8) is 0 Å². The Morgan fingerprint density at radius 2 is 1.67 bits per heavy atom. The van der Waals surface area contributed by atoms with E-state index >= 15 is 0 Å². The molecule has 0 bridgehead atoms. The second-order valence-corrected chi connectivity index (χ2v) is 6.40. The largest absolute Gasteiger partial charge is 0.336 e. The van der Waals surface area contributed by atoms with E-state index in [1.165, 1.54) is 0 Å². The van der Waals surface area contributed by atoms with Gasteiger partial charge in [0.1, 0.15) is 5.56 Å². The summed E-state index contributed by atoms with van der Waals surface area (Å²) in [4.78, 5) is 31.9. The zero-order valence-electron chi connectivity index (χ0n) is 14.2. The van der Waals surface area contributed by atoms with E-state index in [4.69, 9.17) is 0 Å². The van der Waals surface area contributed by atoms with Gasteiger partial charge >= 0.3 is 0 Å². The Morgan fingerprint density at radius 3 is 2.25 bits per heavy atom. The number of rotatable bonds is 3. The number of carbonyl (C=O) groups excluding carboxylic acids is 1. The molecule has 0 spiro atoms. The lowest BCUT2D eigenvalue weighted by Gasteiger charge is -2.36. The van der Waals surface area contributed by atoms with Crippen molar-refractivity contribution in [2.75, 3.05) is 26.2 Å². The Bertz CT molecular complexity index is 760. The standard InChI is InChI=1S/C19H23N3O2/c1-14(2)21-10-12-22(13-11-21)19(24)16-8-9-17(20-18(16)23)15-6-4-3-5-7-15/h3-9,14H,10-13H2,1-2H3,(H,20,23). The number of piperazine rings is 1. The summed E-state index contributed by atoms with van der Waals surface area (Å²) in [6.07, 6.45) is 0. The summed E-state index contributed by atoms with van der Waals surface area (Å²) >= 11 is 0. The number of carbonyl (C=O) groups is 1. The topological polar surface area (TPSA) is 56.4 Å². The van der Waals surface area contributed by atoms with Crippen molar-refractivity contribution in [1.29, 1.82) is 0 Å². The minimum Gasteiger partial charge on any atom is -0.336 e. The van der Waals surface area contributed by atoms with Gasteiger partial charge in [-0.2, -0.15) is 0 Å². The SMILES string of the molecule is CC(C)N1CCN(C(=O)c2ccc(-c3ccccc3)[nH]c2=O)CC1. The van der Waals surface area contributed by atoms with Crippen LogP contribution in [-0.4, -0.2) is 52.9 Å². The summed E-state index contributed by atoms with van der Waals surface area (Å²) in [6.45, 7) is 7.34. The monoisotopic (exact) mass is 325 g/mol. The van der Waals surface area contributed by atoms with Gasteiger partial charge in [-0.15, -0.1) is 0 Å². The number of amides is 1. The molecule has 1 aliphatic rings. The first-order valence-electron chi connectivity index (χ1n) is 8.38. The summed E-state index contributed by atoms with van der Waals surface area (Å²) in [5.74, 6) is -0.181. The van der Waals surface area contributed by atoms with E-state index in [0.717, 1.165) is 24.3 Å². The van der Waals surface area contributed by atoms with Crippen LogP contribution < -0.4 is 5.56 Å². The Balaban J connectivity index is 1.76. The van der Waals surface area contributed by atoms with Crippen molar-refractivity contribution in [1.82, 2.24) is 14.8 Å². The highest BCUT2D eigenvalue weighted by Crippen LogP contribution is 2.15. The lowest BCUT2D eigenvalue weighted by molar-refractivity contribution is 0.0594. The van der Waals surface area contributed by atoms with Crippen molar-refractivity contribution in [3.8, 4) is 11.3 Å². The van der Waals surface area contributed by atoms with Crippen molar-refractivity contribution >= 4 is 5.91 Å². The maximum absolute atomic E-state index is 12.6. The summed E-state index contributed by atoms with van der Waals surface area (Å²) in [7, 11) is 0. The first kappa shape index (κ1) is 16.5. The second-order valence-electron chi connectivity index (χ2n) is 6.40. The van der Waals surface area contributed by atoms with E-state index in [-0.39, 0.29) is 17.0 Å². The molecule has 0 radical (unpaired) electrons. The number of pyridine rings is 1. The molecular weight excluding hydrogens is 302 g/mol. The van der Waals surface area contributed by atoms with Gasteiger partial charge in [-0.25, -0.2) is 0 Å². The number of hydrogen-bond donors (Lipinski definition) is 1. The molecule has 2 aromatic rings. The van der Waals surface area contributed by atoms with Crippen LogP contribution in [0.25, 0.3) is 11.3 Å². The van der Waals surface area contributed by atoms with Crippen LogP contribution in [0.15, 0.2) is 47.3 Å². The third kappa shape index (κ3) is 3.41. The summed E-state index contributed by atoms with van der Waals surface area (Å²) in [6, 6.07) is 13.5. The molecule has 1 saturated heterocycles. The van der Waals surface area contributed by atoms with E-state index < -0.39 is 0 Å². The number of nitrogens with zero attached hydrogens (tertiary/aromatic N) is 2. The van der Waals surface area contributed by atoms with Crippen molar-refractivity contribution in [3.05, 3.63) is 58.4 Å². The lowest BCUT2D eigenvalue weighted by Crippen LogP contribution is -2.51. The first-order chi connectivity index (χ1) is 11.6. The molecule has 1 fully saturated rings. The zero-order valence-corrected chi connectivity index (χ0v) is 14.2. The predicted octanol–water partition coefficient (Wildman–Crippen LogP) is 2.21. The molecule has 0 unspecified atom stereocenters. The number of benzene rings is 1. The fourth-order valence-electron chi connectivity index (χ4n) is 3.04. The Morgan fingerprint density at radius 1 is 1.00 bits per heavy atom.